The quantitative estimate of drug-likeness (QED) is 0.897. The van der Waals surface area contributed by atoms with Crippen molar-refractivity contribution in [3.8, 4) is 0 Å². The Balaban J connectivity index is 1.59. The Bertz CT molecular complexity index is 572. The molecule has 1 saturated carbocycles. The lowest BCUT2D eigenvalue weighted by Gasteiger charge is -2.25. The maximum atomic E-state index is 12.0. The molecule has 0 spiro atoms. The van der Waals surface area contributed by atoms with Crippen LogP contribution in [0.4, 0.5) is 4.79 Å². The van der Waals surface area contributed by atoms with Crippen LogP contribution in [0.3, 0.4) is 0 Å². The van der Waals surface area contributed by atoms with Crippen molar-refractivity contribution in [2.45, 2.75) is 51.7 Å². The molecule has 122 valence electrons. The highest BCUT2D eigenvalue weighted by Gasteiger charge is 2.60. The predicted molar refractivity (Wildman–Crippen MR) is 77.1 cm³/mol. The molecule has 2 unspecified atom stereocenters. The number of likely N-dealkylation sites (tertiary alicyclic amines) is 1. The van der Waals surface area contributed by atoms with E-state index < -0.39 is 11.2 Å². The second-order valence-electron chi connectivity index (χ2n) is 7.76. The molecule has 0 bridgehead atoms. The smallest absolute Gasteiger partial charge is 0.410 e. The van der Waals surface area contributed by atoms with E-state index in [0.717, 1.165) is 0 Å². The van der Waals surface area contributed by atoms with E-state index in [1.165, 1.54) is 0 Å². The van der Waals surface area contributed by atoms with Crippen LogP contribution in [0.1, 0.15) is 52.3 Å². The van der Waals surface area contributed by atoms with Crippen LogP contribution in [0.15, 0.2) is 4.52 Å². The van der Waals surface area contributed by atoms with Crippen molar-refractivity contribution in [3.05, 3.63) is 11.7 Å². The molecule has 1 amide bonds. The summed E-state index contributed by atoms with van der Waals surface area (Å²) in [6.07, 6.45) is -0.260. The number of hydrogen-bond donors (Lipinski definition) is 1. The number of rotatable bonds is 2. The molecule has 22 heavy (non-hydrogen) atoms. The van der Waals surface area contributed by atoms with Crippen molar-refractivity contribution in [1.82, 2.24) is 15.0 Å². The van der Waals surface area contributed by atoms with Gasteiger partial charge in [0.05, 0.1) is 0 Å². The maximum Gasteiger partial charge on any atom is 0.410 e. The van der Waals surface area contributed by atoms with Crippen LogP contribution in [0.2, 0.25) is 0 Å². The minimum atomic E-state index is -1.13. The Labute approximate surface area is 129 Å². The third-order valence-electron chi connectivity index (χ3n) is 4.11. The number of carbonyl (C=O) groups excluding carboxylic acids is 1. The van der Waals surface area contributed by atoms with Crippen LogP contribution in [0.25, 0.3) is 0 Å². The lowest BCUT2D eigenvalue weighted by atomic mass is 10.1. The molecule has 1 saturated heterocycles. The molecule has 2 heterocycles. The highest BCUT2D eigenvalue weighted by molar-refractivity contribution is 5.69. The molecule has 1 aromatic heterocycles. The second-order valence-corrected chi connectivity index (χ2v) is 7.76. The zero-order valence-corrected chi connectivity index (χ0v) is 13.7. The van der Waals surface area contributed by atoms with Crippen molar-refractivity contribution in [2.75, 3.05) is 13.1 Å². The summed E-state index contributed by atoms with van der Waals surface area (Å²) in [6.45, 7) is 10.1. The fourth-order valence-corrected chi connectivity index (χ4v) is 3.00. The first kappa shape index (κ1) is 15.3. The summed E-state index contributed by atoms with van der Waals surface area (Å²) in [5, 5.41) is 13.8. The van der Waals surface area contributed by atoms with E-state index in [4.69, 9.17) is 9.26 Å². The van der Waals surface area contributed by atoms with E-state index >= 15 is 0 Å². The zero-order valence-electron chi connectivity index (χ0n) is 13.7. The Kier molecular flexibility index (Phi) is 3.25. The molecule has 3 rings (SSSR count). The fourth-order valence-electron chi connectivity index (χ4n) is 3.00. The Morgan fingerprint density at radius 3 is 2.32 bits per heavy atom. The molecular weight excluding hydrogens is 286 g/mol. The number of hydrogen-bond acceptors (Lipinski definition) is 6. The maximum absolute atomic E-state index is 12.0. The van der Waals surface area contributed by atoms with E-state index in [2.05, 4.69) is 10.1 Å². The van der Waals surface area contributed by atoms with Gasteiger partial charge >= 0.3 is 6.09 Å². The van der Waals surface area contributed by atoms with Gasteiger partial charge in [-0.3, -0.25) is 0 Å². The van der Waals surface area contributed by atoms with Crippen LogP contribution in [0.5, 0.6) is 0 Å². The fraction of sp³-hybridized carbons (Fsp3) is 0.800. The van der Waals surface area contributed by atoms with Crippen LogP contribution >= 0.6 is 0 Å². The molecule has 1 aliphatic carbocycles. The molecule has 1 N–H and O–H groups in total. The predicted octanol–water partition coefficient (Wildman–Crippen LogP) is 1.88. The first-order chi connectivity index (χ1) is 10.1. The van der Waals surface area contributed by atoms with Gasteiger partial charge in [0.15, 0.2) is 5.82 Å². The first-order valence-electron chi connectivity index (χ1n) is 7.60. The third-order valence-corrected chi connectivity index (χ3v) is 4.11. The largest absolute Gasteiger partial charge is 0.444 e. The second kappa shape index (κ2) is 4.68. The van der Waals surface area contributed by atoms with Crippen molar-refractivity contribution in [2.24, 2.45) is 11.8 Å². The summed E-state index contributed by atoms with van der Waals surface area (Å²) in [5.74, 6) is 1.81. The van der Waals surface area contributed by atoms with Gasteiger partial charge in [-0.15, -0.1) is 0 Å². The molecule has 1 aromatic rings. The van der Waals surface area contributed by atoms with Gasteiger partial charge in [0.25, 0.3) is 5.89 Å². The van der Waals surface area contributed by atoms with Crippen LogP contribution in [0, 0.1) is 11.8 Å². The number of piperidine rings is 1. The monoisotopic (exact) mass is 309 g/mol. The van der Waals surface area contributed by atoms with Crippen molar-refractivity contribution in [3.63, 3.8) is 0 Å². The standard InChI is InChI=1S/C15H23N3O4/c1-14(2,3)21-13(19)18-6-8-9(7-18)10(8)11-16-12(22-17-11)15(4,5)20/h8-10,20H,6-7H2,1-5H3/t8-,9?,10?/m0/s1. The molecule has 7 nitrogen and oxygen atoms in total. The van der Waals surface area contributed by atoms with E-state index in [1.54, 1.807) is 18.7 Å². The van der Waals surface area contributed by atoms with Gasteiger partial charge < -0.3 is 19.3 Å². The number of fused-ring (bicyclic) bond motifs is 1. The number of aliphatic hydroxyl groups is 1. The molecule has 7 heteroatoms. The van der Waals surface area contributed by atoms with Crippen molar-refractivity contribution in [1.29, 1.82) is 0 Å². The number of aromatic nitrogens is 2. The molecule has 2 fully saturated rings. The van der Waals surface area contributed by atoms with E-state index in [0.29, 0.717) is 30.7 Å². The summed E-state index contributed by atoms with van der Waals surface area (Å²) in [4.78, 5) is 18.1. The average molecular weight is 309 g/mol. The number of carbonyl (C=O) groups is 1. The molecule has 1 aliphatic heterocycles. The van der Waals surface area contributed by atoms with Crippen molar-refractivity contribution < 1.29 is 19.2 Å². The van der Waals surface area contributed by atoms with Crippen LogP contribution < -0.4 is 0 Å². The van der Waals surface area contributed by atoms with Gasteiger partial charge in [0.2, 0.25) is 0 Å². The Morgan fingerprint density at radius 1 is 1.27 bits per heavy atom. The SMILES string of the molecule is CC(C)(C)OC(=O)N1CC2C(c3noc(C(C)(C)O)n3)[C@H]2C1. The van der Waals surface area contributed by atoms with Gasteiger partial charge in [-0.25, -0.2) is 4.79 Å². The highest BCUT2D eigenvalue weighted by Crippen LogP contribution is 2.57. The molecule has 2 aliphatic rings. The van der Waals surface area contributed by atoms with Gasteiger partial charge in [-0.1, -0.05) is 5.16 Å². The van der Waals surface area contributed by atoms with Gasteiger partial charge in [0.1, 0.15) is 11.2 Å². The minimum Gasteiger partial charge on any atom is -0.444 e. The lowest BCUT2D eigenvalue weighted by Crippen LogP contribution is -2.36. The van der Waals surface area contributed by atoms with Crippen molar-refractivity contribution >= 4 is 6.09 Å². The minimum absolute atomic E-state index is 0.221. The summed E-state index contributed by atoms with van der Waals surface area (Å²) < 4.78 is 10.5. The Hall–Kier alpha value is -1.63. The topological polar surface area (TPSA) is 88.7 Å². The van der Waals surface area contributed by atoms with E-state index in [-0.39, 0.29) is 17.9 Å². The average Bonchev–Trinajstić information content (AvgIpc) is 2.81. The van der Waals surface area contributed by atoms with Gasteiger partial charge in [0, 0.05) is 19.0 Å². The molecule has 0 radical (unpaired) electrons. The number of nitrogens with zero attached hydrogens (tertiary/aromatic N) is 3. The summed E-state index contributed by atoms with van der Waals surface area (Å²) in [6, 6.07) is 0. The summed E-state index contributed by atoms with van der Waals surface area (Å²) in [7, 11) is 0. The normalized spacial score (nSPS) is 27.7. The summed E-state index contributed by atoms with van der Waals surface area (Å²) in [5.41, 5.74) is -1.60. The van der Waals surface area contributed by atoms with Crippen LogP contribution in [-0.2, 0) is 10.3 Å². The van der Waals surface area contributed by atoms with E-state index in [9.17, 15) is 9.90 Å². The molecule has 3 atom stereocenters. The van der Waals surface area contributed by atoms with Crippen LogP contribution in [-0.4, -0.2) is 44.9 Å². The first-order valence-corrected chi connectivity index (χ1v) is 7.60. The van der Waals surface area contributed by atoms with Gasteiger partial charge in [-0.2, -0.15) is 4.98 Å². The number of amides is 1. The zero-order chi connectivity index (χ0) is 16.3. The van der Waals surface area contributed by atoms with Gasteiger partial charge in [-0.05, 0) is 46.5 Å². The summed E-state index contributed by atoms with van der Waals surface area (Å²) >= 11 is 0. The van der Waals surface area contributed by atoms with E-state index in [1.807, 2.05) is 20.8 Å². The number of ether oxygens (including phenoxy) is 1. The Morgan fingerprint density at radius 2 is 1.86 bits per heavy atom. The third kappa shape index (κ3) is 2.82. The molecular formula is C15H23N3O4. The highest BCUT2D eigenvalue weighted by atomic mass is 16.6. The lowest BCUT2D eigenvalue weighted by molar-refractivity contribution is 0.0270. The molecule has 0 aromatic carbocycles.